The Morgan fingerprint density at radius 3 is 2.81 bits per heavy atom. The lowest BCUT2D eigenvalue weighted by Crippen LogP contribution is -2.31. The number of halogens is 1. The van der Waals surface area contributed by atoms with E-state index in [0.29, 0.717) is 6.42 Å². The molecular weight excluding hydrogens is 203 g/mol. The third kappa shape index (κ3) is 3.63. The normalized spacial score (nSPS) is 30.2. The molecule has 0 heterocycles. The quantitative estimate of drug-likeness (QED) is 0.670. The van der Waals surface area contributed by atoms with Crippen LogP contribution >= 0.6 is 0 Å². The van der Waals surface area contributed by atoms with Crippen LogP contribution in [-0.4, -0.2) is 11.5 Å². The van der Waals surface area contributed by atoms with Crippen molar-refractivity contribution in [1.29, 1.82) is 0 Å². The van der Waals surface area contributed by atoms with Gasteiger partial charge >= 0.3 is 0 Å². The number of Topliss-reactive ketones (excluding diaryl/α,β-unsaturated/α-hetero) is 1. The van der Waals surface area contributed by atoms with Crippen LogP contribution in [0.2, 0.25) is 0 Å². The molecule has 0 aromatic carbocycles. The number of carbonyl (C=O) groups excluding carboxylic acids is 1. The summed E-state index contributed by atoms with van der Waals surface area (Å²) in [5, 5.41) is 0. The van der Waals surface area contributed by atoms with Crippen LogP contribution < -0.4 is 0 Å². The lowest BCUT2D eigenvalue weighted by Gasteiger charge is -2.27. The minimum Gasteiger partial charge on any atom is -0.299 e. The van der Waals surface area contributed by atoms with Gasteiger partial charge in [-0.1, -0.05) is 32.1 Å². The molecule has 2 heteroatoms. The van der Waals surface area contributed by atoms with Crippen LogP contribution in [0.1, 0.15) is 52.9 Å². The van der Waals surface area contributed by atoms with Gasteiger partial charge in [-0.25, -0.2) is 4.39 Å². The van der Waals surface area contributed by atoms with Crippen LogP contribution in [0.4, 0.5) is 4.39 Å². The highest BCUT2D eigenvalue weighted by Gasteiger charge is 2.34. The summed E-state index contributed by atoms with van der Waals surface area (Å²) in [5.41, 5.74) is -1.50. The maximum absolute atomic E-state index is 14.3. The molecule has 1 rings (SSSR count). The maximum atomic E-state index is 14.3. The molecule has 0 aromatic rings. The number of hydrogen-bond donors (Lipinski definition) is 0. The van der Waals surface area contributed by atoms with Crippen molar-refractivity contribution in [2.75, 3.05) is 0 Å². The van der Waals surface area contributed by atoms with Crippen molar-refractivity contribution in [2.24, 2.45) is 11.8 Å². The van der Waals surface area contributed by atoms with Gasteiger partial charge in [0.15, 0.2) is 5.67 Å². The Morgan fingerprint density at radius 2 is 2.19 bits per heavy atom. The highest BCUT2D eigenvalue weighted by molar-refractivity contribution is 5.80. The summed E-state index contributed by atoms with van der Waals surface area (Å²) in [6.07, 6.45) is 3.89. The zero-order valence-corrected chi connectivity index (χ0v) is 10.5. The van der Waals surface area contributed by atoms with E-state index < -0.39 is 5.67 Å². The summed E-state index contributed by atoms with van der Waals surface area (Å²) in [6, 6.07) is 0. The highest BCUT2D eigenvalue weighted by Crippen LogP contribution is 2.31. The lowest BCUT2D eigenvalue weighted by molar-refractivity contribution is -0.123. The van der Waals surface area contributed by atoms with Crippen molar-refractivity contribution in [3.05, 3.63) is 0 Å². The SMILES string of the molecule is CC(C)C(=O)CC1CCCCC#CC1(C)F. The van der Waals surface area contributed by atoms with Crippen molar-refractivity contribution >= 4 is 5.78 Å². The van der Waals surface area contributed by atoms with Gasteiger partial charge in [0.05, 0.1) is 0 Å². The number of rotatable bonds is 3. The summed E-state index contributed by atoms with van der Waals surface area (Å²) in [5.74, 6) is 5.48. The van der Waals surface area contributed by atoms with E-state index in [2.05, 4.69) is 11.8 Å². The predicted octanol–water partition coefficient (Wildman–Crippen LogP) is 3.52. The minimum atomic E-state index is -1.50. The second-order valence-electron chi connectivity index (χ2n) is 5.15. The predicted molar refractivity (Wildman–Crippen MR) is 63.7 cm³/mol. The highest BCUT2D eigenvalue weighted by atomic mass is 19.1. The molecule has 0 amide bonds. The van der Waals surface area contributed by atoms with Crippen LogP contribution in [0.3, 0.4) is 0 Å². The summed E-state index contributed by atoms with van der Waals surface area (Å²) in [4.78, 5) is 11.7. The summed E-state index contributed by atoms with van der Waals surface area (Å²) in [7, 11) is 0. The molecule has 0 spiro atoms. The molecule has 0 fully saturated rings. The molecule has 1 nitrogen and oxygen atoms in total. The van der Waals surface area contributed by atoms with Gasteiger partial charge in [0.1, 0.15) is 5.78 Å². The van der Waals surface area contributed by atoms with E-state index in [0.717, 1.165) is 25.7 Å². The molecule has 0 saturated carbocycles. The van der Waals surface area contributed by atoms with Crippen LogP contribution in [0.25, 0.3) is 0 Å². The molecule has 1 aliphatic carbocycles. The fourth-order valence-electron chi connectivity index (χ4n) is 1.98. The monoisotopic (exact) mass is 224 g/mol. The van der Waals surface area contributed by atoms with Gasteiger partial charge in [-0.3, -0.25) is 4.79 Å². The Hall–Kier alpha value is -0.840. The molecule has 90 valence electrons. The lowest BCUT2D eigenvalue weighted by atomic mass is 9.80. The first-order valence-electron chi connectivity index (χ1n) is 6.15. The number of carbonyl (C=O) groups is 1. The maximum Gasteiger partial charge on any atom is 0.171 e. The van der Waals surface area contributed by atoms with Gasteiger partial charge in [-0.05, 0) is 19.8 Å². The molecule has 1 aliphatic rings. The van der Waals surface area contributed by atoms with Crippen molar-refractivity contribution in [3.8, 4) is 11.8 Å². The molecule has 0 aliphatic heterocycles. The fraction of sp³-hybridized carbons (Fsp3) is 0.786. The molecule has 16 heavy (non-hydrogen) atoms. The molecule has 0 radical (unpaired) electrons. The molecular formula is C14H21FO. The van der Waals surface area contributed by atoms with Gasteiger partial charge in [0.25, 0.3) is 0 Å². The van der Waals surface area contributed by atoms with Crippen molar-refractivity contribution < 1.29 is 9.18 Å². The van der Waals surface area contributed by atoms with Crippen LogP contribution in [0.15, 0.2) is 0 Å². The van der Waals surface area contributed by atoms with E-state index in [9.17, 15) is 9.18 Å². The first-order valence-corrected chi connectivity index (χ1v) is 6.15. The average Bonchev–Trinajstić information content (AvgIpc) is 2.18. The first kappa shape index (κ1) is 13.2. The Kier molecular flexibility index (Phi) is 4.53. The van der Waals surface area contributed by atoms with Crippen LogP contribution in [-0.2, 0) is 4.79 Å². The number of hydrogen-bond acceptors (Lipinski definition) is 1. The second kappa shape index (κ2) is 5.48. The average molecular weight is 224 g/mol. The molecule has 2 atom stereocenters. The van der Waals surface area contributed by atoms with E-state index in [1.807, 2.05) is 13.8 Å². The van der Waals surface area contributed by atoms with Crippen LogP contribution in [0, 0.1) is 23.7 Å². The molecule has 0 bridgehead atoms. The standard InChI is InChI=1S/C14H21FO/c1-11(2)13(16)10-12-8-6-4-5-7-9-14(12,3)15/h11-12H,4-6,8,10H2,1-3H3. The first-order chi connectivity index (χ1) is 7.43. The largest absolute Gasteiger partial charge is 0.299 e. The minimum absolute atomic E-state index is 0.00537. The smallest absolute Gasteiger partial charge is 0.171 e. The second-order valence-corrected chi connectivity index (χ2v) is 5.15. The van der Waals surface area contributed by atoms with Gasteiger partial charge in [-0.15, -0.1) is 0 Å². The van der Waals surface area contributed by atoms with Crippen molar-refractivity contribution in [1.82, 2.24) is 0 Å². The van der Waals surface area contributed by atoms with Crippen molar-refractivity contribution in [3.63, 3.8) is 0 Å². The molecule has 0 aromatic heterocycles. The Bertz CT molecular complexity index is 306. The van der Waals surface area contributed by atoms with Crippen molar-refractivity contribution in [2.45, 2.75) is 58.5 Å². The summed E-state index contributed by atoms with van der Waals surface area (Å²) in [6.45, 7) is 5.25. The Morgan fingerprint density at radius 1 is 1.50 bits per heavy atom. The van der Waals surface area contributed by atoms with Crippen LogP contribution in [0.5, 0.6) is 0 Å². The van der Waals surface area contributed by atoms with E-state index in [4.69, 9.17) is 0 Å². The molecule has 2 unspecified atom stereocenters. The zero-order chi connectivity index (χ0) is 12.2. The third-order valence-electron chi connectivity index (χ3n) is 3.30. The summed E-state index contributed by atoms with van der Waals surface area (Å²) >= 11 is 0. The third-order valence-corrected chi connectivity index (χ3v) is 3.30. The van der Waals surface area contributed by atoms with E-state index in [1.54, 1.807) is 0 Å². The van der Waals surface area contributed by atoms with Gasteiger partial charge in [-0.2, -0.15) is 0 Å². The number of alkyl halides is 1. The van der Waals surface area contributed by atoms with Gasteiger partial charge < -0.3 is 0 Å². The summed E-state index contributed by atoms with van der Waals surface area (Å²) < 4.78 is 14.3. The van der Waals surface area contributed by atoms with E-state index >= 15 is 0 Å². The van der Waals surface area contributed by atoms with Gasteiger partial charge in [0, 0.05) is 24.7 Å². The number of ketones is 1. The fourth-order valence-corrected chi connectivity index (χ4v) is 1.98. The Balaban J connectivity index is 2.73. The topological polar surface area (TPSA) is 17.1 Å². The van der Waals surface area contributed by atoms with E-state index in [-0.39, 0.29) is 17.6 Å². The Labute approximate surface area is 97.8 Å². The molecule has 0 saturated heterocycles. The molecule has 0 N–H and O–H groups in total. The van der Waals surface area contributed by atoms with E-state index in [1.165, 1.54) is 6.92 Å². The zero-order valence-electron chi connectivity index (χ0n) is 10.5. The van der Waals surface area contributed by atoms with Gasteiger partial charge in [0.2, 0.25) is 0 Å².